The second-order valence-electron chi connectivity index (χ2n) is 16.7. The van der Waals surface area contributed by atoms with E-state index in [4.69, 9.17) is 5.73 Å². The van der Waals surface area contributed by atoms with E-state index in [1.165, 1.54) is 48.4 Å². The van der Waals surface area contributed by atoms with Gasteiger partial charge in [-0.2, -0.15) is 0 Å². The Hall–Kier alpha value is -5.28. The Morgan fingerprint density at radius 1 is 0.810 bits per heavy atom. The first kappa shape index (κ1) is 45.4. The molecule has 1 aliphatic heterocycles. The summed E-state index contributed by atoms with van der Waals surface area (Å²) in [5.41, 5.74) is 4.46. The zero-order valence-corrected chi connectivity index (χ0v) is 34.1. The number of nitrogens with one attached hydrogen (secondary N) is 4. The normalized spacial score (nSPS) is 19.7. The van der Waals surface area contributed by atoms with E-state index in [2.05, 4.69) is 26.0 Å². The van der Waals surface area contributed by atoms with Gasteiger partial charge >= 0.3 is 11.9 Å². The van der Waals surface area contributed by atoms with E-state index in [1.807, 2.05) is 0 Å². The molecule has 0 radical (unpaired) electrons. The third kappa shape index (κ3) is 12.1. The second-order valence-corrected chi connectivity index (χ2v) is 16.7. The largest absolute Gasteiger partial charge is 0.478 e. The summed E-state index contributed by atoms with van der Waals surface area (Å²) in [5, 5.41) is 20.8. The van der Waals surface area contributed by atoms with Crippen LogP contribution in [0, 0.1) is 17.3 Å². The van der Waals surface area contributed by atoms with E-state index in [0.717, 1.165) is 51.4 Å². The molecule has 1 aromatic carbocycles. The van der Waals surface area contributed by atoms with E-state index in [9.17, 15) is 43.5 Å². The number of benzene rings is 1. The molecule has 318 valence electrons. The molecule has 16 heteroatoms. The predicted molar refractivity (Wildman–Crippen MR) is 213 cm³/mol. The maximum absolute atomic E-state index is 14.3. The molecular weight excluding hydrogens is 748 g/mol. The van der Waals surface area contributed by atoms with E-state index in [0.29, 0.717) is 19.3 Å². The van der Waals surface area contributed by atoms with Crippen LogP contribution < -0.4 is 27.0 Å². The number of hydrogen-bond acceptors (Lipinski definition) is 9. The molecule has 0 unspecified atom stereocenters. The smallest absolute Gasteiger partial charge is 0.336 e. The van der Waals surface area contributed by atoms with Crippen molar-refractivity contribution in [2.24, 2.45) is 23.0 Å². The summed E-state index contributed by atoms with van der Waals surface area (Å²) in [5.74, 6) is -5.89. The maximum Gasteiger partial charge on any atom is 0.336 e. The SMILES string of the molecule is COC(=O)/C=C/CC[C@H](NC(=O)c1ccccc1C(=O)O)C(=O)N[C@H](C(=O)N1CC[C@H]1C(=O)N[C@H](C(=O)N[C@H](C(N)=O)C1CCCCC1)C1CCCCC1)C(C)(C)C. The molecule has 5 atom stereocenters. The summed E-state index contributed by atoms with van der Waals surface area (Å²) >= 11 is 0. The first-order chi connectivity index (χ1) is 27.5. The highest BCUT2D eigenvalue weighted by molar-refractivity contribution is 6.06. The summed E-state index contributed by atoms with van der Waals surface area (Å²) in [6, 6.07) is 0.389. The summed E-state index contributed by atoms with van der Waals surface area (Å²) in [4.78, 5) is 107. The number of ether oxygens (including phenoxy) is 1. The van der Waals surface area contributed by atoms with Crippen molar-refractivity contribution in [3.05, 3.63) is 47.5 Å². The van der Waals surface area contributed by atoms with Crippen LogP contribution in [0.25, 0.3) is 0 Å². The molecule has 0 aromatic heterocycles. The van der Waals surface area contributed by atoms with E-state index >= 15 is 0 Å². The third-order valence-electron chi connectivity index (χ3n) is 11.5. The van der Waals surface area contributed by atoms with Crippen LogP contribution in [0.4, 0.5) is 0 Å². The van der Waals surface area contributed by atoms with Crippen LogP contribution in [0.2, 0.25) is 0 Å². The maximum atomic E-state index is 14.3. The molecule has 1 saturated heterocycles. The molecule has 0 spiro atoms. The average Bonchev–Trinajstić information content (AvgIpc) is 3.18. The molecule has 6 amide bonds. The topological polar surface area (TPSA) is 243 Å². The predicted octanol–water partition coefficient (Wildman–Crippen LogP) is 2.74. The lowest BCUT2D eigenvalue weighted by atomic mass is 9.81. The Morgan fingerprint density at radius 2 is 1.40 bits per heavy atom. The fraction of sp³-hybridized carbons (Fsp3) is 0.619. The van der Waals surface area contributed by atoms with Crippen LogP contribution in [-0.2, 0) is 33.5 Å². The van der Waals surface area contributed by atoms with Gasteiger partial charge < -0.3 is 41.7 Å². The molecule has 58 heavy (non-hydrogen) atoms. The van der Waals surface area contributed by atoms with Crippen LogP contribution in [0.1, 0.15) is 125 Å². The Morgan fingerprint density at radius 3 is 1.91 bits per heavy atom. The Balaban J connectivity index is 1.51. The minimum absolute atomic E-state index is 0.0257. The van der Waals surface area contributed by atoms with Crippen LogP contribution in [-0.4, -0.2) is 101 Å². The summed E-state index contributed by atoms with van der Waals surface area (Å²) < 4.78 is 4.62. The van der Waals surface area contributed by atoms with Gasteiger partial charge in [0.1, 0.15) is 30.2 Å². The summed E-state index contributed by atoms with van der Waals surface area (Å²) in [6.07, 6.45) is 11.8. The van der Waals surface area contributed by atoms with Gasteiger partial charge in [-0.05, 0) is 74.3 Å². The molecular formula is C42H60N6O10. The van der Waals surface area contributed by atoms with Gasteiger partial charge in [-0.1, -0.05) is 77.5 Å². The Kier molecular flexibility index (Phi) is 16.4. The lowest BCUT2D eigenvalue weighted by molar-refractivity contribution is -0.153. The number of amides is 6. The van der Waals surface area contributed by atoms with Crippen LogP contribution in [0.5, 0.6) is 0 Å². The van der Waals surface area contributed by atoms with E-state index in [1.54, 1.807) is 20.8 Å². The standard InChI is InChI=1S/C42H60N6O10/c1-42(2,3)34(47-37(52)29(21-13-14-22-31(49)58-4)44-36(51)27-19-11-12-20-28(27)41(56)57)40(55)48-24-23-30(48)38(53)46-33(26-17-9-6-10-18-26)39(54)45-32(35(43)50)25-15-7-5-8-16-25/h11-12,14,19-20,22,25-26,29-30,32-34H,5-10,13,15-18,21,23-24H2,1-4H3,(H2,43,50)(H,44,51)(H,45,54)(H,46,53)(H,47,52)(H,56,57)/b22-14+/t29-,30-,32-,33-,34+/m0/s1. The molecule has 3 aliphatic rings. The highest BCUT2D eigenvalue weighted by Crippen LogP contribution is 2.31. The Labute approximate surface area is 339 Å². The first-order valence-electron chi connectivity index (χ1n) is 20.4. The number of allylic oxidation sites excluding steroid dienone is 1. The Bertz CT molecular complexity index is 1710. The number of methoxy groups -OCH3 is 1. The van der Waals surface area contributed by atoms with Crippen molar-refractivity contribution in [1.82, 2.24) is 26.2 Å². The van der Waals surface area contributed by atoms with Gasteiger partial charge in [0.15, 0.2) is 0 Å². The quantitative estimate of drug-likeness (QED) is 0.0993. The van der Waals surface area contributed by atoms with Crippen molar-refractivity contribution in [3.63, 3.8) is 0 Å². The van der Waals surface area contributed by atoms with Gasteiger partial charge in [0, 0.05) is 12.6 Å². The monoisotopic (exact) mass is 808 g/mol. The molecule has 2 saturated carbocycles. The number of esters is 1. The zero-order valence-electron chi connectivity index (χ0n) is 34.1. The van der Waals surface area contributed by atoms with Gasteiger partial charge in [-0.25, -0.2) is 9.59 Å². The molecule has 7 N–H and O–H groups in total. The number of hydrogen-bond donors (Lipinski definition) is 6. The fourth-order valence-corrected chi connectivity index (χ4v) is 8.11. The van der Waals surface area contributed by atoms with Crippen molar-refractivity contribution < 1.29 is 48.2 Å². The van der Waals surface area contributed by atoms with Crippen molar-refractivity contribution >= 4 is 47.4 Å². The number of aromatic carboxylic acids is 1. The second kappa shape index (κ2) is 20.9. The van der Waals surface area contributed by atoms with Gasteiger partial charge in [0.2, 0.25) is 29.5 Å². The molecule has 1 heterocycles. The minimum Gasteiger partial charge on any atom is -0.478 e. The molecule has 3 fully saturated rings. The molecule has 0 bridgehead atoms. The van der Waals surface area contributed by atoms with Crippen LogP contribution in [0.15, 0.2) is 36.4 Å². The van der Waals surface area contributed by atoms with Gasteiger partial charge in [-0.15, -0.1) is 0 Å². The first-order valence-corrected chi connectivity index (χ1v) is 20.4. The van der Waals surface area contributed by atoms with Crippen LogP contribution in [0.3, 0.4) is 0 Å². The molecule has 2 aliphatic carbocycles. The number of carboxylic acid groups (broad SMARTS) is 1. The van der Waals surface area contributed by atoms with Gasteiger partial charge in [0.25, 0.3) is 5.91 Å². The van der Waals surface area contributed by atoms with Gasteiger partial charge in [-0.3, -0.25) is 28.8 Å². The highest BCUT2D eigenvalue weighted by Gasteiger charge is 2.46. The molecule has 4 rings (SSSR count). The minimum atomic E-state index is -1.33. The van der Waals surface area contributed by atoms with E-state index < -0.39 is 83.0 Å². The number of carboxylic acids is 1. The fourth-order valence-electron chi connectivity index (χ4n) is 8.11. The van der Waals surface area contributed by atoms with Crippen molar-refractivity contribution in [2.45, 2.75) is 134 Å². The number of nitrogens with zero attached hydrogens (tertiary/aromatic N) is 1. The number of primary amides is 1. The molecule has 1 aromatic rings. The lowest BCUT2D eigenvalue weighted by Crippen LogP contribution is -2.67. The van der Waals surface area contributed by atoms with E-state index in [-0.39, 0.29) is 42.3 Å². The molecule has 16 nitrogen and oxygen atoms in total. The van der Waals surface area contributed by atoms with Gasteiger partial charge in [0.05, 0.1) is 18.2 Å². The number of carbonyl (C=O) groups excluding carboxylic acids is 7. The van der Waals surface area contributed by atoms with Crippen LogP contribution >= 0.6 is 0 Å². The highest BCUT2D eigenvalue weighted by atomic mass is 16.5. The third-order valence-corrected chi connectivity index (χ3v) is 11.5. The number of likely N-dealkylation sites (tertiary alicyclic amines) is 1. The number of carbonyl (C=O) groups is 8. The summed E-state index contributed by atoms with van der Waals surface area (Å²) in [6.45, 7) is 5.44. The summed E-state index contributed by atoms with van der Waals surface area (Å²) in [7, 11) is 1.21. The number of nitrogens with two attached hydrogens (primary N) is 1. The van der Waals surface area contributed by atoms with Crippen molar-refractivity contribution in [3.8, 4) is 0 Å². The van der Waals surface area contributed by atoms with Crippen molar-refractivity contribution in [2.75, 3.05) is 13.7 Å². The lowest BCUT2D eigenvalue weighted by Gasteiger charge is -2.45. The number of rotatable bonds is 17. The van der Waals surface area contributed by atoms with Crippen molar-refractivity contribution in [1.29, 1.82) is 0 Å². The zero-order chi connectivity index (χ0) is 42.6. The average molecular weight is 809 g/mol.